The molecule has 0 bridgehead atoms. The summed E-state index contributed by atoms with van der Waals surface area (Å²) in [5.41, 5.74) is 2.70. The van der Waals surface area contributed by atoms with Crippen molar-refractivity contribution in [2.24, 2.45) is 0 Å². The van der Waals surface area contributed by atoms with Gasteiger partial charge in [0.2, 0.25) is 0 Å². The van der Waals surface area contributed by atoms with Gasteiger partial charge in [-0.05, 0) is 47.0 Å². The number of halogens is 1. The molecule has 0 aliphatic heterocycles. The average molecular weight is 436 g/mol. The standard InChI is InChI=1S/C25H22ClNO4/c1-30-22-9-5-8-19(14-22)16-27-24(28)17-31-25(29)23(15-18-6-3-2-4-7-18)20-10-12-21(26)13-11-20/h2-15H,16-17H2,1H3,(H,27,28)/b23-15+. The molecular formula is C25H22ClNO4. The Morgan fingerprint density at radius 2 is 1.71 bits per heavy atom. The highest BCUT2D eigenvalue weighted by Gasteiger charge is 2.16. The van der Waals surface area contributed by atoms with Crippen molar-refractivity contribution in [1.29, 1.82) is 0 Å². The van der Waals surface area contributed by atoms with E-state index in [4.69, 9.17) is 21.1 Å². The first-order valence-corrected chi connectivity index (χ1v) is 10.0. The average Bonchev–Trinajstić information content (AvgIpc) is 2.81. The predicted molar refractivity (Wildman–Crippen MR) is 122 cm³/mol. The minimum atomic E-state index is -0.595. The van der Waals surface area contributed by atoms with E-state index in [0.29, 0.717) is 28.5 Å². The zero-order valence-electron chi connectivity index (χ0n) is 17.0. The van der Waals surface area contributed by atoms with Crippen LogP contribution in [0.5, 0.6) is 5.75 Å². The molecule has 3 aromatic rings. The molecule has 158 valence electrons. The summed E-state index contributed by atoms with van der Waals surface area (Å²) in [5, 5.41) is 3.30. The van der Waals surface area contributed by atoms with Crippen LogP contribution in [0.4, 0.5) is 0 Å². The molecule has 0 atom stereocenters. The second kappa shape index (κ2) is 11.0. The summed E-state index contributed by atoms with van der Waals surface area (Å²) in [5.74, 6) is -0.286. The molecular weight excluding hydrogens is 414 g/mol. The highest BCUT2D eigenvalue weighted by atomic mass is 35.5. The van der Waals surface area contributed by atoms with Crippen molar-refractivity contribution in [3.05, 3.63) is 101 Å². The first-order chi connectivity index (χ1) is 15.0. The van der Waals surface area contributed by atoms with Crippen LogP contribution in [-0.4, -0.2) is 25.6 Å². The second-order valence-corrected chi connectivity index (χ2v) is 7.12. The molecule has 0 fully saturated rings. The van der Waals surface area contributed by atoms with E-state index in [1.165, 1.54) is 0 Å². The Morgan fingerprint density at radius 1 is 0.968 bits per heavy atom. The van der Waals surface area contributed by atoms with E-state index in [-0.39, 0.29) is 6.61 Å². The molecule has 1 amide bonds. The Morgan fingerprint density at radius 3 is 2.42 bits per heavy atom. The van der Waals surface area contributed by atoms with Crippen LogP contribution in [0.1, 0.15) is 16.7 Å². The topological polar surface area (TPSA) is 64.6 Å². The van der Waals surface area contributed by atoms with Gasteiger partial charge in [0.25, 0.3) is 5.91 Å². The van der Waals surface area contributed by atoms with E-state index < -0.39 is 11.9 Å². The number of amides is 1. The SMILES string of the molecule is COc1cccc(CNC(=O)COC(=O)/C(=C/c2ccccc2)c2ccc(Cl)cc2)c1. The molecule has 31 heavy (non-hydrogen) atoms. The third-order valence-electron chi connectivity index (χ3n) is 4.44. The Bertz CT molecular complexity index is 1060. The summed E-state index contributed by atoms with van der Waals surface area (Å²) >= 11 is 5.97. The maximum atomic E-state index is 12.8. The maximum Gasteiger partial charge on any atom is 0.339 e. The van der Waals surface area contributed by atoms with E-state index in [1.807, 2.05) is 54.6 Å². The van der Waals surface area contributed by atoms with Gasteiger partial charge >= 0.3 is 5.97 Å². The molecule has 1 N–H and O–H groups in total. The zero-order valence-corrected chi connectivity index (χ0v) is 17.8. The third-order valence-corrected chi connectivity index (χ3v) is 4.70. The number of methoxy groups -OCH3 is 1. The van der Waals surface area contributed by atoms with E-state index in [0.717, 1.165) is 11.1 Å². The van der Waals surface area contributed by atoms with Crippen molar-refractivity contribution in [1.82, 2.24) is 5.32 Å². The highest BCUT2D eigenvalue weighted by Crippen LogP contribution is 2.22. The van der Waals surface area contributed by atoms with Crippen molar-refractivity contribution in [2.45, 2.75) is 6.54 Å². The van der Waals surface area contributed by atoms with Crippen LogP contribution < -0.4 is 10.1 Å². The predicted octanol–water partition coefficient (Wildman–Crippen LogP) is 4.75. The van der Waals surface area contributed by atoms with E-state index >= 15 is 0 Å². The first kappa shape index (κ1) is 22.1. The summed E-state index contributed by atoms with van der Waals surface area (Å²) in [6, 6.07) is 23.6. The monoisotopic (exact) mass is 435 g/mol. The molecule has 3 rings (SSSR count). The van der Waals surface area contributed by atoms with Crippen LogP contribution in [-0.2, 0) is 20.9 Å². The quantitative estimate of drug-likeness (QED) is 0.315. The van der Waals surface area contributed by atoms with Gasteiger partial charge in [-0.25, -0.2) is 4.79 Å². The minimum absolute atomic E-state index is 0.303. The number of esters is 1. The Kier molecular flexibility index (Phi) is 7.85. The summed E-state index contributed by atoms with van der Waals surface area (Å²) < 4.78 is 10.4. The normalized spacial score (nSPS) is 11.0. The fraction of sp³-hybridized carbons (Fsp3) is 0.120. The molecule has 5 nitrogen and oxygen atoms in total. The molecule has 0 aliphatic carbocycles. The van der Waals surface area contributed by atoms with Gasteiger partial charge in [0, 0.05) is 11.6 Å². The van der Waals surface area contributed by atoms with Gasteiger partial charge in [0.05, 0.1) is 12.7 Å². The van der Waals surface area contributed by atoms with Crippen LogP contribution >= 0.6 is 11.6 Å². The number of hydrogen-bond donors (Lipinski definition) is 1. The Balaban J connectivity index is 1.65. The molecule has 0 radical (unpaired) electrons. The molecule has 0 aromatic heterocycles. The fourth-order valence-corrected chi connectivity index (χ4v) is 2.97. The van der Waals surface area contributed by atoms with Crippen LogP contribution in [0, 0.1) is 0 Å². The zero-order chi connectivity index (χ0) is 22.1. The van der Waals surface area contributed by atoms with Crippen LogP contribution in [0.15, 0.2) is 78.9 Å². The summed E-state index contributed by atoms with van der Waals surface area (Å²) in [7, 11) is 1.58. The number of rotatable bonds is 8. The van der Waals surface area contributed by atoms with Gasteiger partial charge in [-0.3, -0.25) is 4.79 Å². The molecule has 0 saturated heterocycles. The molecule has 0 unspecified atom stereocenters. The van der Waals surface area contributed by atoms with Gasteiger partial charge in [0.15, 0.2) is 6.61 Å². The number of benzene rings is 3. The van der Waals surface area contributed by atoms with Crippen molar-refractivity contribution in [2.75, 3.05) is 13.7 Å². The highest BCUT2D eigenvalue weighted by molar-refractivity contribution is 6.30. The van der Waals surface area contributed by atoms with Crippen LogP contribution in [0.3, 0.4) is 0 Å². The molecule has 3 aromatic carbocycles. The minimum Gasteiger partial charge on any atom is -0.497 e. The lowest BCUT2D eigenvalue weighted by atomic mass is 10.0. The lowest BCUT2D eigenvalue weighted by molar-refractivity contribution is -0.142. The first-order valence-electron chi connectivity index (χ1n) is 9.64. The van der Waals surface area contributed by atoms with E-state index in [2.05, 4.69) is 5.32 Å². The van der Waals surface area contributed by atoms with Crippen molar-refractivity contribution < 1.29 is 19.1 Å². The molecule has 0 spiro atoms. The molecule has 0 aliphatic rings. The third kappa shape index (κ3) is 6.73. The van der Waals surface area contributed by atoms with Gasteiger partial charge in [-0.15, -0.1) is 0 Å². The lowest BCUT2D eigenvalue weighted by Gasteiger charge is -2.10. The van der Waals surface area contributed by atoms with Crippen molar-refractivity contribution in [3.8, 4) is 5.75 Å². The fourth-order valence-electron chi connectivity index (χ4n) is 2.85. The number of ether oxygens (including phenoxy) is 2. The largest absolute Gasteiger partial charge is 0.497 e. The van der Waals surface area contributed by atoms with Crippen LogP contribution in [0.2, 0.25) is 5.02 Å². The number of nitrogens with one attached hydrogen (secondary N) is 1. The number of hydrogen-bond acceptors (Lipinski definition) is 4. The van der Waals surface area contributed by atoms with Crippen molar-refractivity contribution >= 4 is 35.1 Å². The van der Waals surface area contributed by atoms with Gasteiger partial charge < -0.3 is 14.8 Å². The second-order valence-electron chi connectivity index (χ2n) is 6.68. The summed E-state index contributed by atoms with van der Waals surface area (Å²) in [4.78, 5) is 25.0. The number of carbonyl (C=O) groups excluding carboxylic acids is 2. The van der Waals surface area contributed by atoms with Gasteiger partial charge in [0.1, 0.15) is 5.75 Å². The van der Waals surface area contributed by atoms with Crippen molar-refractivity contribution in [3.63, 3.8) is 0 Å². The summed E-state index contributed by atoms with van der Waals surface area (Å²) in [6.07, 6.45) is 1.72. The molecule has 6 heteroatoms. The molecule has 0 heterocycles. The summed E-state index contributed by atoms with van der Waals surface area (Å²) in [6.45, 7) is -0.0833. The number of carbonyl (C=O) groups is 2. The van der Waals surface area contributed by atoms with E-state index in [1.54, 1.807) is 37.5 Å². The van der Waals surface area contributed by atoms with Crippen LogP contribution in [0.25, 0.3) is 11.6 Å². The Labute approximate surface area is 186 Å². The maximum absolute atomic E-state index is 12.8. The lowest BCUT2D eigenvalue weighted by Crippen LogP contribution is -2.28. The molecule has 0 saturated carbocycles. The Hall–Kier alpha value is -3.57. The van der Waals surface area contributed by atoms with E-state index in [9.17, 15) is 9.59 Å². The smallest absolute Gasteiger partial charge is 0.339 e. The van der Waals surface area contributed by atoms with Gasteiger partial charge in [-0.1, -0.05) is 66.2 Å². The van der Waals surface area contributed by atoms with Gasteiger partial charge in [-0.2, -0.15) is 0 Å².